The van der Waals surface area contributed by atoms with E-state index in [9.17, 15) is 13.2 Å². The number of hydrogen-bond acceptors (Lipinski definition) is 2. The Bertz CT molecular complexity index is 155. The van der Waals surface area contributed by atoms with E-state index in [-0.39, 0.29) is 12.4 Å². The lowest BCUT2D eigenvalue weighted by molar-refractivity contribution is -0.138. The molecule has 0 aliphatic rings. The van der Waals surface area contributed by atoms with E-state index in [1.165, 1.54) is 0 Å². The van der Waals surface area contributed by atoms with Crippen LogP contribution in [0.1, 0.15) is 13.3 Å². The van der Waals surface area contributed by atoms with E-state index >= 15 is 0 Å². The van der Waals surface area contributed by atoms with Crippen molar-refractivity contribution >= 4 is 0 Å². The largest absolute Gasteiger partial charge is 0.497 e. The van der Waals surface area contributed by atoms with Crippen molar-refractivity contribution in [1.82, 2.24) is 0 Å². The molecule has 0 radical (unpaired) electrons. The highest BCUT2D eigenvalue weighted by molar-refractivity contribution is 4.95. The Labute approximate surface area is 69.2 Å². The lowest BCUT2D eigenvalue weighted by atomic mass is 10.2. The van der Waals surface area contributed by atoms with Crippen molar-refractivity contribution in [2.45, 2.75) is 25.6 Å². The molecule has 0 aromatic rings. The van der Waals surface area contributed by atoms with Gasteiger partial charge in [-0.2, -0.15) is 13.2 Å². The summed E-state index contributed by atoms with van der Waals surface area (Å²) in [5.41, 5.74) is 5.14. The lowest BCUT2D eigenvalue weighted by Gasteiger charge is -2.16. The molecule has 1 unspecified atom stereocenters. The second-order valence-electron chi connectivity index (χ2n) is 2.33. The highest BCUT2D eigenvalue weighted by atomic mass is 19.4. The minimum Gasteiger partial charge on any atom is -0.497 e. The molecule has 72 valence electrons. The Morgan fingerprint density at radius 1 is 1.58 bits per heavy atom. The average molecular weight is 183 g/mol. The SMILES string of the molecule is C=C(OCC)C(N)CC(F)(F)F. The van der Waals surface area contributed by atoms with Crippen molar-refractivity contribution in [3.05, 3.63) is 12.3 Å². The summed E-state index contributed by atoms with van der Waals surface area (Å²) in [4.78, 5) is 0. The van der Waals surface area contributed by atoms with Gasteiger partial charge in [-0.1, -0.05) is 6.58 Å². The van der Waals surface area contributed by atoms with Gasteiger partial charge in [0.25, 0.3) is 0 Å². The Hall–Kier alpha value is -0.710. The number of ether oxygens (including phenoxy) is 1. The number of alkyl halides is 3. The van der Waals surface area contributed by atoms with Crippen LogP contribution >= 0.6 is 0 Å². The van der Waals surface area contributed by atoms with Gasteiger partial charge in [-0.15, -0.1) is 0 Å². The maximum absolute atomic E-state index is 11.7. The maximum Gasteiger partial charge on any atom is 0.391 e. The van der Waals surface area contributed by atoms with Crippen molar-refractivity contribution in [3.63, 3.8) is 0 Å². The maximum atomic E-state index is 11.7. The molecular formula is C7H12F3NO. The average Bonchev–Trinajstić information content (AvgIpc) is 1.84. The lowest BCUT2D eigenvalue weighted by Crippen LogP contribution is -2.30. The first-order valence-electron chi connectivity index (χ1n) is 3.50. The molecule has 2 N–H and O–H groups in total. The molecule has 0 spiro atoms. The van der Waals surface area contributed by atoms with Gasteiger partial charge in [-0.3, -0.25) is 0 Å². The smallest absolute Gasteiger partial charge is 0.391 e. The Kier molecular flexibility index (Phi) is 4.09. The van der Waals surface area contributed by atoms with E-state index in [4.69, 9.17) is 10.5 Å². The van der Waals surface area contributed by atoms with Crippen LogP contribution in [0.3, 0.4) is 0 Å². The molecule has 5 heteroatoms. The van der Waals surface area contributed by atoms with Crippen LogP contribution in [0.2, 0.25) is 0 Å². The zero-order valence-electron chi connectivity index (χ0n) is 6.82. The van der Waals surface area contributed by atoms with Crippen LogP contribution in [0, 0.1) is 0 Å². The third-order valence-electron chi connectivity index (χ3n) is 1.19. The van der Waals surface area contributed by atoms with Crippen molar-refractivity contribution in [1.29, 1.82) is 0 Å². The molecule has 0 fully saturated rings. The Balaban J connectivity index is 3.87. The standard InChI is InChI=1S/C7H12F3NO/c1-3-12-5(2)6(11)4-7(8,9)10/h6H,2-4,11H2,1H3. The Morgan fingerprint density at radius 2 is 2.08 bits per heavy atom. The second kappa shape index (κ2) is 4.35. The second-order valence-corrected chi connectivity index (χ2v) is 2.33. The van der Waals surface area contributed by atoms with Gasteiger partial charge in [0.1, 0.15) is 5.76 Å². The molecule has 0 heterocycles. The normalized spacial score (nSPS) is 14.1. The number of nitrogens with two attached hydrogens (primary N) is 1. The minimum atomic E-state index is -4.26. The number of halogens is 3. The summed E-state index contributed by atoms with van der Waals surface area (Å²) in [7, 11) is 0. The molecule has 0 amide bonds. The van der Waals surface area contributed by atoms with Crippen LogP contribution < -0.4 is 5.73 Å². The van der Waals surface area contributed by atoms with Crippen molar-refractivity contribution in [2.24, 2.45) is 5.73 Å². The zero-order chi connectivity index (χ0) is 9.78. The summed E-state index contributed by atoms with van der Waals surface area (Å²) < 4.78 is 39.9. The molecule has 0 aliphatic heterocycles. The Morgan fingerprint density at radius 3 is 2.42 bits per heavy atom. The molecule has 0 aromatic carbocycles. The highest BCUT2D eigenvalue weighted by Gasteiger charge is 2.31. The fourth-order valence-electron chi connectivity index (χ4n) is 0.656. The molecule has 12 heavy (non-hydrogen) atoms. The van der Waals surface area contributed by atoms with Gasteiger partial charge in [0.05, 0.1) is 19.1 Å². The molecule has 0 saturated heterocycles. The molecule has 0 saturated carbocycles. The van der Waals surface area contributed by atoms with Crippen LogP contribution in [0.15, 0.2) is 12.3 Å². The van der Waals surface area contributed by atoms with Gasteiger partial charge in [0.2, 0.25) is 0 Å². The number of rotatable bonds is 4. The van der Waals surface area contributed by atoms with Gasteiger partial charge in [-0.25, -0.2) is 0 Å². The highest BCUT2D eigenvalue weighted by Crippen LogP contribution is 2.23. The van der Waals surface area contributed by atoms with E-state index < -0.39 is 18.6 Å². The van der Waals surface area contributed by atoms with E-state index in [2.05, 4.69) is 6.58 Å². The third kappa shape index (κ3) is 5.01. The van der Waals surface area contributed by atoms with Crippen LogP contribution in [0.5, 0.6) is 0 Å². The fourth-order valence-corrected chi connectivity index (χ4v) is 0.656. The summed E-state index contributed by atoms with van der Waals surface area (Å²) in [6.45, 7) is 5.22. The molecular weight excluding hydrogens is 171 g/mol. The minimum absolute atomic E-state index is 0.0187. The van der Waals surface area contributed by atoms with Crippen LogP contribution in [0.25, 0.3) is 0 Å². The van der Waals surface area contributed by atoms with Crippen molar-refractivity contribution in [2.75, 3.05) is 6.61 Å². The van der Waals surface area contributed by atoms with E-state index in [1.54, 1.807) is 6.92 Å². The van der Waals surface area contributed by atoms with E-state index in [1.807, 2.05) is 0 Å². The predicted molar refractivity (Wildman–Crippen MR) is 39.4 cm³/mol. The molecule has 0 bridgehead atoms. The zero-order valence-corrected chi connectivity index (χ0v) is 6.82. The molecule has 0 aliphatic carbocycles. The first-order valence-corrected chi connectivity index (χ1v) is 3.50. The van der Waals surface area contributed by atoms with E-state index in [0.717, 1.165) is 0 Å². The first kappa shape index (κ1) is 11.3. The van der Waals surface area contributed by atoms with Crippen molar-refractivity contribution < 1.29 is 17.9 Å². The monoisotopic (exact) mass is 183 g/mol. The predicted octanol–water partition coefficient (Wildman–Crippen LogP) is 1.82. The summed E-state index contributed by atoms with van der Waals surface area (Å²) in [6.07, 6.45) is -5.36. The van der Waals surface area contributed by atoms with E-state index in [0.29, 0.717) is 0 Å². The molecule has 2 nitrogen and oxygen atoms in total. The summed E-state index contributed by atoms with van der Waals surface area (Å²) in [6, 6.07) is -1.16. The molecule has 0 aromatic heterocycles. The van der Waals surface area contributed by atoms with Crippen LogP contribution in [-0.4, -0.2) is 18.8 Å². The fraction of sp³-hybridized carbons (Fsp3) is 0.714. The summed E-state index contributed by atoms with van der Waals surface area (Å²) in [5.74, 6) is -0.0187. The van der Waals surface area contributed by atoms with Gasteiger partial charge in [0, 0.05) is 0 Å². The van der Waals surface area contributed by atoms with Gasteiger partial charge >= 0.3 is 6.18 Å². The van der Waals surface area contributed by atoms with Crippen LogP contribution in [0.4, 0.5) is 13.2 Å². The van der Waals surface area contributed by atoms with Gasteiger partial charge in [0.15, 0.2) is 0 Å². The number of hydrogen-bond donors (Lipinski definition) is 1. The summed E-state index contributed by atoms with van der Waals surface area (Å²) in [5, 5.41) is 0. The third-order valence-corrected chi connectivity index (χ3v) is 1.19. The topological polar surface area (TPSA) is 35.2 Å². The first-order chi connectivity index (χ1) is 5.37. The van der Waals surface area contributed by atoms with Gasteiger partial charge in [-0.05, 0) is 6.92 Å². The van der Waals surface area contributed by atoms with Gasteiger partial charge < -0.3 is 10.5 Å². The molecule has 1 atom stereocenters. The van der Waals surface area contributed by atoms with Crippen molar-refractivity contribution in [3.8, 4) is 0 Å². The quantitative estimate of drug-likeness (QED) is 0.674. The summed E-state index contributed by atoms with van der Waals surface area (Å²) >= 11 is 0. The molecule has 0 rings (SSSR count). The van der Waals surface area contributed by atoms with Crippen LogP contribution in [-0.2, 0) is 4.74 Å².